The molecule has 0 atom stereocenters. The van der Waals surface area contributed by atoms with Gasteiger partial charge in [0, 0.05) is 49.4 Å². The standard InChI is InChI=1S/C26H24ClN7O2/c27-7-26-31-22-4-2-20(6-24(22)32-26)36-19-1-3-21-23(5-19)30-25(9-28-21)17-8-29-34(11-17)18-12-33(13-18)10-16-14-35-15-16/h1-6,8-9,11,16,18H,7,10,12-15H2,(H,31,32). The molecule has 0 spiro atoms. The minimum absolute atomic E-state index is 0.338. The molecule has 5 aromatic rings. The van der Waals surface area contributed by atoms with Gasteiger partial charge >= 0.3 is 0 Å². The molecule has 3 aromatic heterocycles. The lowest BCUT2D eigenvalue weighted by molar-refractivity contribution is -0.0608. The molecule has 7 rings (SSSR count). The first kappa shape index (κ1) is 21.7. The summed E-state index contributed by atoms with van der Waals surface area (Å²) < 4.78 is 13.4. The number of hydrogen-bond donors (Lipinski definition) is 1. The molecule has 2 aromatic carbocycles. The van der Waals surface area contributed by atoms with Crippen molar-refractivity contribution in [2.45, 2.75) is 11.9 Å². The number of nitrogens with zero attached hydrogens (tertiary/aromatic N) is 6. The molecule has 0 bridgehead atoms. The molecular formula is C26H24ClN7O2. The Morgan fingerprint density at radius 1 is 1.00 bits per heavy atom. The summed E-state index contributed by atoms with van der Waals surface area (Å²) in [5.41, 5.74) is 5.07. The third-order valence-corrected chi connectivity index (χ3v) is 7.06. The first-order valence-electron chi connectivity index (χ1n) is 12.0. The number of imidazole rings is 1. The zero-order valence-corrected chi connectivity index (χ0v) is 20.2. The van der Waals surface area contributed by atoms with Crippen LogP contribution in [0.5, 0.6) is 11.5 Å². The van der Waals surface area contributed by atoms with Crippen molar-refractivity contribution in [2.75, 3.05) is 32.8 Å². The van der Waals surface area contributed by atoms with Crippen molar-refractivity contribution in [3.05, 3.63) is 60.8 Å². The summed E-state index contributed by atoms with van der Waals surface area (Å²) >= 11 is 5.89. The second kappa shape index (κ2) is 8.85. The van der Waals surface area contributed by atoms with Gasteiger partial charge in [0.15, 0.2) is 0 Å². The van der Waals surface area contributed by atoms with Gasteiger partial charge in [0.05, 0.1) is 65.3 Å². The summed E-state index contributed by atoms with van der Waals surface area (Å²) in [4.78, 5) is 19.6. The van der Waals surface area contributed by atoms with E-state index in [4.69, 9.17) is 26.1 Å². The largest absolute Gasteiger partial charge is 0.457 e. The Kier molecular flexibility index (Phi) is 5.34. The van der Waals surface area contributed by atoms with Crippen LogP contribution in [0.3, 0.4) is 0 Å². The van der Waals surface area contributed by atoms with Crippen LogP contribution in [0.1, 0.15) is 11.9 Å². The Morgan fingerprint density at radius 3 is 2.64 bits per heavy atom. The van der Waals surface area contributed by atoms with Crippen molar-refractivity contribution in [3.63, 3.8) is 0 Å². The van der Waals surface area contributed by atoms with E-state index in [0.717, 1.165) is 72.0 Å². The van der Waals surface area contributed by atoms with Gasteiger partial charge in [0.2, 0.25) is 0 Å². The molecule has 2 fully saturated rings. The molecule has 5 heterocycles. The van der Waals surface area contributed by atoms with Crippen LogP contribution in [-0.2, 0) is 10.6 Å². The van der Waals surface area contributed by atoms with Gasteiger partial charge in [0.1, 0.15) is 17.3 Å². The normalized spacial score (nSPS) is 16.9. The highest BCUT2D eigenvalue weighted by atomic mass is 35.5. The molecule has 0 saturated carbocycles. The maximum absolute atomic E-state index is 6.11. The molecule has 36 heavy (non-hydrogen) atoms. The minimum atomic E-state index is 0.338. The monoisotopic (exact) mass is 501 g/mol. The molecule has 0 radical (unpaired) electrons. The summed E-state index contributed by atoms with van der Waals surface area (Å²) in [5.74, 6) is 3.16. The highest BCUT2D eigenvalue weighted by Gasteiger charge is 2.32. The average molecular weight is 502 g/mol. The lowest BCUT2D eigenvalue weighted by Gasteiger charge is -2.42. The van der Waals surface area contributed by atoms with E-state index in [1.165, 1.54) is 0 Å². The van der Waals surface area contributed by atoms with Gasteiger partial charge in [-0.3, -0.25) is 14.6 Å². The highest BCUT2D eigenvalue weighted by molar-refractivity contribution is 6.16. The van der Waals surface area contributed by atoms with Crippen LogP contribution in [0.25, 0.3) is 33.3 Å². The van der Waals surface area contributed by atoms with E-state index in [0.29, 0.717) is 29.3 Å². The molecule has 2 saturated heterocycles. The molecule has 2 aliphatic rings. The Labute approximate surface area is 212 Å². The summed E-state index contributed by atoms with van der Waals surface area (Å²) in [6.07, 6.45) is 5.74. The summed E-state index contributed by atoms with van der Waals surface area (Å²) in [7, 11) is 0. The van der Waals surface area contributed by atoms with Crippen LogP contribution < -0.4 is 4.74 Å². The topological polar surface area (TPSA) is 94.0 Å². The SMILES string of the molecule is ClCc1nc2ccc(Oc3ccc4ncc(-c5cnn(C6CN(CC7COC7)C6)c5)nc4c3)cc2[nH]1. The van der Waals surface area contributed by atoms with E-state index in [1.54, 1.807) is 6.20 Å². The summed E-state index contributed by atoms with van der Waals surface area (Å²) in [6, 6.07) is 11.9. The van der Waals surface area contributed by atoms with Crippen LogP contribution >= 0.6 is 11.6 Å². The van der Waals surface area contributed by atoms with E-state index in [-0.39, 0.29) is 0 Å². The Morgan fingerprint density at radius 2 is 1.83 bits per heavy atom. The molecule has 0 amide bonds. The van der Waals surface area contributed by atoms with Crippen LogP contribution in [0.4, 0.5) is 0 Å². The third kappa shape index (κ3) is 4.09. The Balaban J connectivity index is 1.08. The zero-order valence-electron chi connectivity index (χ0n) is 19.5. The van der Waals surface area contributed by atoms with E-state index < -0.39 is 0 Å². The third-order valence-electron chi connectivity index (χ3n) is 6.81. The smallest absolute Gasteiger partial charge is 0.129 e. The molecule has 0 aliphatic carbocycles. The molecule has 1 N–H and O–H groups in total. The second-order valence-corrected chi connectivity index (χ2v) is 9.76. The zero-order chi connectivity index (χ0) is 24.1. The number of nitrogens with one attached hydrogen (secondary N) is 1. The van der Waals surface area contributed by atoms with Gasteiger partial charge in [-0.1, -0.05) is 0 Å². The van der Waals surface area contributed by atoms with Crippen molar-refractivity contribution >= 4 is 33.7 Å². The van der Waals surface area contributed by atoms with Crippen molar-refractivity contribution in [3.8, 4) is 22.8 Å². The molecule has 0 unspecified atom stereocenters. The maximum atomic E-state index is 6.11. The van der Waals surface area contributed by atoms with E-state index >= 15 is 0 Å². The van der Waals surface area contributed by atoms with Crippen molar-refractivity contribution in [2.24, 2.45) is 5.92 Å². The molecule has 2 aliphatic heterocycles. The quantitative estimate of drug-likeness (QED) is 0.330. The van der Waals surface area contributed by atoms with Gasteiger partial charge in [-0.25, -0.2) is 9.97 Å². The van der Waals surface area contributed by atoms with Crippen molar-refractivity contribution < 1.29 is 9.47 Å². The minimum Gasteiger partial charge on any atom is -0.457 e. The maximum Gasteiger partial charge on any atom is 0.129 e. The number of ether oxygens (including phenoxy) is 2. The summed E-state index contributed by atoms with van der Waals surface area (Å²) in [6.45, 7) is 4.97. The number of halogens is 1. The van der Waals surface area contributed by atoms with Gasteiger partial charge in [0.25, 0.3) is 0 Å². The van der Waals surface area contributed by atoms with E-state index in [2.05, 4.69) is 35.8 Å². The summed E-state index contributed by atoms with van der Waals surface area (Å²) in [5, 5.41) is 4.60. The number of benzene rings is 2. The number of aromatic nitrogens is 6. The van der Waals surface area contributed by atoms with Crippen LogP contribution in [0.2, 0.25) is 0 Å². The van der Waals surface area contributed by atoms with Gasteiger partial charge < -0.3 is 14.5 Å². The number of hydrogen-bond acceptors (Lipinski definition) is 7. The Bertz CT molecular complexity index is 1550. The number of aromatic amines is 1. The number of fused-ring (bicyclic) bond motifs is 2. The molecule has 9 nitrogen and oxygen atoms in total. The lowest BCUT2D eigenvalue weighted by atomic mass is 10.0. The fourth-order valence-electron chi connectivity index (χ4n) is 4.78. The van der Waals surface area contributed by atoms with Crippen molar-refractivity contribution in [1.29, 1.82) is 0 Å². The first-order valence-corrected chi connectivity index (χ1v) is 12.6. The predicted octanol–water partition coefficient (Wildman–Crippen LogP) is 4.40. The number of H-pyrrole nitrogens is 1. The fraction of sp³-hybridized carbons (Fsp3) is 0.308. The van der Waals surface area contributed by atoms with Crippen molar-refractivity contribution in [1.82, 2.24) is 34.6 Å². The van der Waals surface area contributed by atoms with Gasteiger partial charge in [-0.15, -0.1) is 11.6 Å². The fourth-order valence-corrected chi connectivity index (χ4v) is 4.91. The van der Waals surface area contributed by atoms with E-state index in [1.807, 2.05) is 42.6 Å². The Hall–Kier alpha value is -3.53. The average Bonchev–Trinajstić information content (AvgIpc) is 3.48. The second-order valence-electron chi connectivity index (χ2n) is 9.49. The highest BCUT2D eigenvalue weighted by Crippen LogP contribution is 2.29. The first-order chi connectivity index (χ1) is 17.7. The molecular weight excluding hydrogens is 478 g/mol. The van der Waals surface area contributed by atoms with Gasteiger partial charge in [-0.05, 0) is 24.3 Å². The number of alkyl halides is 1. The van der Waals surface area contributed by atoms with Crippen LogP contribution in [0, 0.1) is 5.92 Å². The molecule has 10 heteroatoms. The lowest BCUT2D eigenvalue weighted by Crippen LogP contribution is -2.52. The van der Waals surface area contributed by atoms with Crippen LogP contribution in [-0.4, -0.2) is 67.5 Å². The number of rotatable bonds is 7. The van der Waals surface area contributed by atoms with E-state index in [9.17, 15) is 0 Å². The van der Waals surface area contributed by atoms with Crippen LogP contribution in [0.15, 0.2) is 55.0 Å². The predicted molar refractivity (Wildman–Crippen MR) is 136 cm³/mol. The molecule has 182 valence electrons. The number of likely N-dealkylation sites (tertiary alicyclic amines) is 1. The van der Waals surface area contributed by atoms with Gasteiger partial charge in [-0.2, -0.15) is 5.10 Å².